The number of nitrogens with zero attached hydrogens (tertiary/aromatic N) is 1. The van der Waals surface area contributed by atoms with Gasteiger partial charge >= 0.3 is 0 Å². The van der Waals surface area contributed by atoms with Crippen LogP contribution in [0, 0.1) is 10.1 Å². The zero-order chi connectivity index (χ0) is 29.7. The Labute approximate surface area is 242 Å². The van der Waals surface area contributed by atoms with E-state index in [0.717, 1.165) is 25.7 Å². The normalized spacial score (nSPS) is 12.0. The van der Waals surface area contributed by atoms with Crippen molar-refractivity contribution in [3.05, 3.63) is 76.8 Å². The lowest BCUT2D eigenvalue weighted by Gasteiger charge is -2.21. The van der Waals surface area contributed by atoms with Gasteiger partial charge in [0.25, 0.3) is 5.69 Å². The molecule has 0 saturated carbocycles. The zero-order valence-electron chi connectivity index (χ0n) is 23.4. The minimum Gasteiger partial charge on any atom is -0.508 e. The molecule has 11 heteroatoms. The van der Waals surface area contributed by atoms with Crippen LogP contribution in [-0.2, 0) is 9.84 Å². The highest BCUT2D eigenvalue weighted by Gasteiger charge is 2.19. The van der Waals surface area contributed by atoms with E-state index in [1.807, 2.05) is 0 Å². The van der Waals surface area contributed by atoms with Crippen molar-refractivity contribution >= 4 is 26.9 Å². The fraction of sp³-hybridized carbons (Fsp3) is 0.400. The molecule has 222 valence electrons. The largest absolute Gasteiger partial charge is 0.508 e. The predicted molar refractivity (Wildman–Crippen MR) is 161 cm³/mol. The zero-order valence-corrected chi connectivity index (χ0v) is 24.2. The van der Waals surface area contributed by atoms with E-state index in [4.69, 9.17) is 10.6 Å². The highest BCUT2D eigenvalue weighted by atomic mass is 32.2. The second kappa shape index (κ2) is 15.8. The van der Waals surface area contributed by atoms with Crippen LogP contribution in [-0.4, -0.2) is 31.1 Å². The van der Waals surface area contributed by atoms with Crippen LogP contribution in [0.15, 0.2) is 76.5 Å². The average Bonchev–Trinajstić information content (AvgIpc) is 2.97. The summed E-state index contributed by atoms with van der Waals surface area (Å²) < 4.78 is 32.2. The van der Waals surface area contributed by atoms with Crippen molar-refractivity contribution in [3.8, 4) is 11.5 Å². The molecule has 0 saturated heterocycles. The molecule has 0 radical (unpaired) electrons. The molecule has 41 heavy (non-hydrogen) atoms. The first kappa shape index (κ1) is 31.7. The van der Waals surface area contributed by atoms with E-state index in [1.165, 1.54) is 74.6 Å². The fourth-order valence-electron chi connectivity index (χ4n) is 4.51. The van der Waals surface area contributed by atoms with Gasteiger partial charge in [0.15, 0.2) is 0 Å². The molecule has 0 aliphatic rings. The Balaban J connectivity index is 1.66. The van der Waals surface area contributed by atoms with Crippen LogP contribution < -0.4 is 21.3 Å². The highest BCUT2D eigenvalue weighted by Crippen LogP contribution is 2.28. The van der Waals surface area contributed by atoms with Crippen LogP contribution in [0.3, 0.4) is 0 Å². The van der Waals surface area contributed by atoms with Crippen molar-refractivity contribution in [1.82, 2.24) is 0 Å². The van der Waals surface area contributed by atoms with E-state index in [0.29, 0.717) is 18.0 Å². The number of phenols is 1. The number of nitrogen functional groups attached to an aromatic ring is 1. The number of hydrazine groups is 1. The summed E-state index contributed by atoms with van der Waals surface area (Å²) in [6, 6.07) is 16.3. The molecular weight excluding hydrogens is 544 g/mol. The third-order valence-electron chi connectivity index (χ3n) is 6.85. The van der Waals surface area contributed by atoms with Gasteiger partial charge in [-0.2, -0.15) is 0 Å². The smallest absolute Gasteiger partial charge is 0.295 e. The van der Waals surface area contributed by atoms with Gasteiger partial charge in [0.1, 0.15) is 23.3 Å². The van der Waals surface area contributed by atoms with Crippen LogP contribution >= 0.6 is 0 Å². The second-order valence-corrected chi connectivity index (χ2v) is 11.9. The quantitative estimate of drug-likeness (QED) is 0.0545. The summed E-state index contributed by atoms with van der Waals surface area (Å²) in [5.74, 6) is 5.91. The van der Waals surface area contributed by atoms with Gasteiger partial charge in [-0.3, -0.25) is 16.0 Å². The summed E-state index contributed by atoms with van der Waals surface area (Å²) in [5, 5.41) is 24.1. The number of hydrogen-bond donors (Lipinski definition) is 4. The maximum absolute atomic E-state index is 13.0. The van der Waals surface area contributed by atoms with Crippen LogP contribution in [0.4, 0.5) is 17.1 Å². The number of ether oxygens (including phenoxy) is 1. The third kappa shape index (κ3) is 9.65. The Morgan fingerprint density at radius 3 is 2.07 bits per heavy atom. The van der Waals surface area contributed by atoms with Crippen molar-refractivity contribution < 1.29 is 23.2 Å². The van der Waals surface area contributed by atoms with Crippen LogP contribution in [0.5, 0.6) is 11.5 Å². The number of hydrogen-bond acceptors (Lipinski definition) is 9. The van der Waals surface area contributed by atoms with Crippen LogP contribution in [0.1, 0.15) is 64.7 Å². The topological polar surface area (TPSA) is 157 Å². The average molecular weight is 585 g/mol. The molecule has 1 atom stereocenters. The number of benzene rings is 3. The summed E-state index contributed by atoms with van der Waals surface area (Å²) >= 11 is 0. The number of nitro benzene ring substituents is 1. The molecule has 10 nitrogen and oxygen atoms in total. The molecule has 3 rings (SSSR count). The summed E-state index contributed by atoms with van der Waals surface area (Å²) in [6.07, 6.45) is 9.96. The summed E-state index contributed by atoms with van der Waals surface area (Å²) in [5.41, 5.74) is 2.98. The predicted octanol–water partition coefficient (Wildman–Crippen LogP) is 6.81. The number of aromatic hydroxyl groups is 1. The maximum Gasteiger partial charge on any atom is 0.295 e. The minimum atomic E-state index is -3.74. The summed E-state index contributed by atoms with van der Waals surface area (Å²) in [4.78, 5) is 11.1. The monoisotopic (exact) mass is 584 g/mol. The van der Waals surface area contributed by atoms with Gasteiger partial charge in [-0.15, -0.1) is 0 Å². The number of rotatable bonds is 18. The molecule has 0 bridgehead atoms. The molecule has 3 aromatic carbocycles. The van der Waals surface area contributed by atoms with Gasteiger partial charge in [-0.25, -0.2) is 8.42 Å². The first-order chi connectivity index (χ1) is 19.7. The van der Waals surface area contributed by atoms with E-state index in [1.54, 1.807) is 24.3 Å². The van der Waals surface area contributed by atoms with E-state index in [9.17, 15) is 23.6 Å². The van der Waals surface area contributed by atoms with Crippen molar-refractivity contribution in [1.29, 1.82) is 0 Å². The van der Waals surface area contributed by atoms with Gasteiger partial charge in [0.2, 0.25) is 9.84 Å². The molecule has 3 aromatic rings. The summed E-state index contributed by atoms with van der Waals surface area (Å²) in [7, 11) is -3.74. The molecule has 0 amide bonds. The number of unbranched alkanes of at least 4 members (excludes halogenated alkanes) is 7. The fourth-order valence-corrected chi connectivity index (χ4v) is 5.77. The van der Waals surface area contributed by atoms with E-state index < -0.39 is 14.8 Å². The molecule has 5 N–H and O–H groups in total. The number of nitrogens with one attached hydrogen (secondary N) is 2. The standard InChI is InChI=1S/C30H40N4O6S/c1-2-3-4-5-6-7-8-9-10-26(22-32-23-11-20-29(33-31)30(21-23)34(36)37)40-25-14-18-28(19-15-25)41(38,39)27-16-12-24(35)13-17-27/h11-21,26,32-33,35H,2-10,22,31H2,1H3. The molecule has 1 unspecified atom stereocenters. The Kier molecular flexibility index (Phi) is 12.2. The van der Waals surface area contributed by atoms with Gasteiger partial charge in [0, 0.05) is 11.8 Å². The molecule has 0 aliphatic heterocycles. The van der Waals surface area contributed by atoms with E-state index >= 15 is 0 Å². The van der Waals surface area contributed by atoms with Gasteiger partial charge in [0.05, 0.1) is 21.3 Å². The van der Waals surface area contributed by atoms with Gasteiger partial charge in [-0.05, 0) is 73.5 Å². The summed E-state index contributed by atoms with van der Waals surface area (Å²) in [6.45, 7) is 2.61. The maximum atomic E-state index is 13.0. The van der Waals surface area contributed by atoms with Crippen molar-refractivity contribution in [2.45, 2.75) is 80.6 Å². The minimum absolute atomic E-state index is 0.00885. The van der Waals surface area contributed by atoms with Gasteiger partial charge < -0.3 is 20.6 Å². The molecule has 0 spiro atoms. The Morgan fingerprint density at radius 1 is 0.902 bits per heavy atom. The lowest BCUT2D eigenvalue weighted by molar-refractivity contribution is -0.383. The highest BCUT2D eigenvalue weighted by molar-refractivity contribution is 7.91. The van der Waals surface area contributed by atoms with E-state index in [2.05, 4.69) is 17.7 Å². The Morgan fingerprint density at radius 2 is 1.49 bits per heavy atom. The molecule has 0 heterocycles. The number of nitrogens with two attached hydrogens (primary N) is 1. The van der Waals surface area contributed by atoms with Crippen molar-refractivity contribution in [2.24, 2.45) is 5.84 Å². The number of sulfone groups is 1. The Hall–Kier alpha value is -3.83. The SMILES string of the molecule is CCCCCCCCCCC(CNc1ccc(NN)c([N+](=O)[O-])c1)Oc1ccc(S(=O)(=O)c2ccc(O)cc2)cc1. The lowest BCUT2D eigenvalue weighted by Crippen LogP contribution is -2.26. The first-order valence-corrected chi connectivity index (χ1v) is 15.5. The molecule has 0 fully saturated rings. The van der Waals surface area contributed by atoms with Gasteiger partial charge in [-0.1, -0.05) is 51.9 Å². The second-order valence-electron chi connectivity index (χ2n) is 9.99. The van der Waals surface area contributed by atoms with Crippen LogP contribution in [0.25, 0.3) is 0 Å². The first-order valence-electron chi connectivity index (χ1n) is 14.0. The van der Waals surface area contributed by atoms with Crippen LogP contribution in [0.2, 0.25) is 0 Å². The third-order valence-corrected chi connectivity index (χ3v) is 8.63. The van der Waals surface area contributed by atoms with Crippen molar-refractivity contribution in [2.75, 3.05) is 17.3 Å². The van der Waals surface area contributed by atoms with E-state index in [-0.39, 0.29) is 33.0 Å². The molecule has 0 aliphatic carbocycles. The van der Waals surface area contributed by atoms with Crippen molar-refractivity contribution in [3.63, 3.8) is 0 Å². The number of phenolic OH excluding ortho intramolecular Hbond substituents is 1. The number of nitro groups is 1. The molecular formula is C30H40N4O6S. The molecule has 0 aromatic heterocycles. The lowest BCUT2D eigenvalue weighted by atomic mass is 10.1. The Bertz CT molecular complexity index is 1350. The number of anilines is 2.